The molecule has 6 rings (SSSR count). The molecular formula is C28H23F3N6O3S. The molecule has 5 N–H and O–H groups in total. The number of nitrogens with one attached hydrogen (secondary N) is 1. The van der Waals surface area contributed by atoms with Crippen LogP contribution in [-0.4, -0.2) is 41.1 Å². The van der Waals surface area contributed by atoms with Crippen molar-refractivity contribution in [2.45, 2.75) is 17.6 Å². The minimum atomic E-state index is -4.78. The minimum absolute atomic E-state index is 0.190. The van der Waals surface area contributed by atoms with E-state index in [0.29, 0.717) is 39.7 Å². The van der Waals surface area contributed by atoms with Gasteiger partial charge in [0.25, 0.3) is 5.91 Å². The fraction of sp³-hybridized carbons (Fsp3) is 0.107. The van der Waals surface area contributed by atoms with Gasteiger partial charge in [0, 0.05) is 42.5 Å². The van der Waals surface area contributed by atoms with E-state index in [9.17, 15) is 27.1 Å². The number of nitrogen functional groups attached to an aromatic ring is 1. The van der Waals surface area contributed by atoms with Gasteiger partial charge in [0.1, 0.15) is 11.5 Å². The van der Waals surface area contributed by atoms with E-state index in [0.717, 1.165) is 15.6 Å². The number of rotatable bonds is 4. The molecule has 0 fully saturated rings. The van der Waals surface area contributed by atoms with Gasteiger partial charge in [0.2, 0.25) is 0 Å². The second-order valence-corrected chi connectivity index (χ2v) is 11.6. The van der Waals surface area contributed by atoms with E-state index in [2.05, 4.69) is 15.4 Å². The maximum Gasteiger partial charge on any atom is 0.435 e. The van der Waals surface area contributed by atoms with Crippen LogP contribution in [0.4, 0.5) is 24.7 Å². The average Bonchev–Trinajstić information content (AvgIpc) is 3.49. The van der Waals surface area contributed by atoms with Gasteiger partial charge >= 0.3 is 6.18 Å². The first kappa shape index (κ1) is 26.8. The van der Waals surface area contributed by atoms with Crippen molar-refractivity contribution in [3.63, 3.8) is 0 Å². The molecule has 0 saturated heterocycles. The molecule has 0 saturated carbocycles. The van der Waals surface area contributed by atoms with Gasteiger partial charge in [0.05, 0.1) is 10.6 Å². The third-order valence-electron chi connectivity index (χ3n) is 6.91. The van der Waals surface area contributed by atoms with E-state index in [1.54, 1.807) is 55.6 Å². The zero-order valence-electron chi connectivity index (χ0n) is 21.4. The smallest absolute Gasteiger partial charge is 0.383 e. The lowest BCUT2D eigenvalue weighted by Crippen LogP contribution is -2.17. The number of hydrogen-bond acceptors (Lipinski definition) is 7. The molecule has 3 aromatic carbocycles. The van der Waals surface area contributed by atoms with E-state index >= 15 is 0 Å². The fourth-order valence-corrected chi connectivity index (χ4v) is 6.46. The lowest BCUT2D eigenvalue weighted by atomic mass is 10.0. The number of aromatic nitrogens is 3. The van der Waals surface area contributed by atoms with Gasteiger partial charge in [0.15, 0.2) is 5.69 Å². The molecule has 41 heavy (non-hydrogen) atoms. The van der Waals surface area contributed by atoms with Gasteiger partial charge in [-0.1, -0.05) is 36.4 Å². The van der Waals surface area contributed by atoms with Crippen LogP contribution in [0.1, 0.15) is 21.7 Å². The topological polar surface area (TPSA) is 130 Å². The normalized spacial score (nSPS) is 15.6. The molecule has 9 nitrogen and oxygen atoms in total. The molecule has 0 atom stereocenters. The molecule has 13 heteroatoms. The Balaban J connectivity index is 1.33. The molecule has 3 heterocycles. The molecular weight excluding hydrogens is 557 g/mol. The van der Waals surface area contributed by atoms with Crippen LogP contribution in [0.3, 0.4) is 0 Å². The number of pyridine rings is 1. The van der Waals surface area contributed by atoms with Crippen molar-refractivity contribution in [3.8, 4) is 16.8 Å². The third-order valence-corrected chi connectivity index (χ3v) is 8.94. The molecule has 1 aliphatic heterocycles. The standard InChI is InChI=1S/C28H23F3N6O3S/c1-36-15-18-3-2-4-21(25(18)41(36,39)40)16-5-8-19(9-6-16)34-27(38)23-14-24(28(29,30)31)35-37(23)20-10-7-17-11-12-33-26(32)22(17)13-20/h2-14,39-40H,15H2,1H3,(H2,32,33)(H,34,38). The van der Waals surface area contributed by atoms with Crippen molar-refractivity contribution in [2.24, 2.45) is 0 Å². The van der Waals surface area contributed by atoms with Crippen molar-refractivity contribution in [2.75, 3.05) is 18.1 Å². The Bertz CT molecular complexity index is 1820. The lowest BCUT2D eigenvalue weighted by molar-refractivity contribution is -0.141. The van der Waals surface area contributed by atoms with Crippen molar-refractivity contribution in [3.05, 3.63) is 95.9 Å². The van der Waals surface area contributed by atoms with Gasteiger partial charge in [-0.3, -0.25) is 13.9 Å². The summed E-state index contributed by atoms with van der Waals surface area (Å²) in [6.45, 7) is 0.396. The highest BCUT2D eigenvalue weighted by Gasteiger charge is 2.37. The first-order chi connectivity index (χ1) is 19.4. The number of hydrogen-bond donors (Lipinski definition) is 4. The van der Waals surface area contributed by atoms with Crippen molar-refractivity contribution >= 4 is 39.0 Å². The molecule has 1 amide bonds. The van der Waals surface area contributed by atoms with Crippen LogP contribution in [0, 0.1) is 0 Å². The molecule has 0 spiro atoms. The molecule has 0 unspecified atom stereocenters. The highest BCUT2D eigenvalue weighted by atomic mass is 32.3. The molecule has 0 bridgehead atoms. The monoisotopic (exact) mass is 580 g/mol. The maximum atomic E-state index is 13.6. The van der Waals surface area contributed by atoms with Crippen LogP contribution >= 0.6 is 10.8 Å². The first-order valence-corrected chi connectivity index (χ1v) is 13.8. The van der Waals surface area contributed by atoms with Crippen LogP contribution in [0.25, 0.3) is 27.6 Å². The van der Waals surface area contributed by atoms with E-state index < -0.39 is 28.6 Å². The number of amides is 1. The van der Waals surface area contributed by atoms with Crippen LogP contribution in [0.2, 0.25) is 0 Å². The second kappa shape index (κ2) is 9.59. The van der Waals surface area contributed by atoms with Gasteiger partial charge in [-0.25, -0.2) is 14.0 Å². The number of fused-ring (bicyclic) bond motifs is 2. The Morgan fingerprint density at radius 2 is 1.80 bits per heavy atom. The molecule has 210 valence electrons. The number of benzene rings is 3. The highest BCUT2D eigenvalue weighted by Crippen LogP contribution is 2.60. The Morgan fingerprint density at radius 3 is 2.54 bits per heavy atom. The van der Waals surface area contributed by atoms with Crippen molar-refractivity contribution < 1.29 is 27.1 Å². The number of anilines is 2. The summed E-state index contributed by atoms with van der Waals surface area (Å²) in [5.41, 5.74) is 7.06. The van der Waals surface area contributed by atoms with Crippen LogP contribution in [0.5, 0.6) is 0 Å². The third kappa shape index (κ3) is 4.68. The molecule has 0 aliphatic carbocycles. The van der Waals surface area contributed by atoms with Crippen LogP contribution in [0.15, 0.2) is 83.9 Å². The number of nitrogens with zero attached hydrogens (tertiary/aromatic N) is 4. The highest BCUT2D eigenvalue weighted by molar-refractivity contribution is 8.22. The lowest BCUT2D eigenvalue weighted by Gasteiger charge is -2.35. The predicted octanol–water partition coefficient (Wildman–Crippen LogP) is 6.41. The van der Waals surface area contributed by atoms with Crippen LogP contribution in [-0.2, 0) is 12.7 Å². The van der Waals surface area contributed by atoms with Gasteiger partial charge < -0.3 is 11.1 Å². The summed E-state index contributed by atoms with van der Waals surface area (Å²) in [7, 11) is -1.50. The van der Waals surface area contributed by atoms with Crippen LogP contribution < -0.4 is 11.1 Å². The number of carbonyl (C=O) groups is 1. The summed E-state index contributed by atoms with van der Waals surface area (Å²) in [5.74, 6) is -0.619. The Kier molecular flexibility index (Phi) is 6.26. The summed E-state index contributed by atoms with van der Waals surface area (Å²) in [4.78, 5) is 17.7. The van der Waals surface area contributed by atoms with E-state index in [4.69, 9.17) is 5.73 Å². The Labute approximate surface area is 233 Å². The quantitative estimate of drug-likeness (QED) is 0.193. The largest absolute Gasteiger partial charge is 0.435 e. The van der Waals surface area contributed by atoms with Gasteiger partial charge in [-0.2, -0.15) is 18.3 Å². The maximum absolute atomic E-state index is 13.6. The minimum Gasteiger partial charge on any atom is -0.383 e. The van der Waals surface area contributed by atoms with E-state index in [-0.39, 0.29) is 17.2 Å². The van der Waals surface area contributed by atoms with E-state index in [1.807, 2.05) is 12.1 Å². The van der Waals surface area contributed by atoms with Gasteiger partial charge in [-0.15, -0.1) is 10.8 Å². The van der Waals surface area contributed by atoms with E-state index in [1.165, 1.54) is 16.6 Å². The Morgan fingerprint density at radius 1 is 1.05 bits per heavy atom. The summed E-state index contributed by atoms with van der Waals surface area (Å²) >= 11 is 0. The zero-order valence-corrected chi connectivity index (χ0v) is 22.2. The number of alkyl halides is 3. The van der Waals surface area contributed by atoms with Crippen molar-refractivity contribution in [1.29, 1.82) is 0 Å². The summed E-state index contributed by atoms with van der Waals surface area (Å²) in [6.07, 6.45) is -3.26. The predicted molar refractivity (Wildman–Crippen MR) is 151 cm³/mol. The summed E-state index contributed by atoms with van der Waals surface area (Å²) < 4.78 is 64.7. The molecule has 5 aromatic rings. The second-order valence-electron chi connectivity index (χ2n) is 9.56. The number of halogens is 3. The zero-order chi connectivity index (χ0) is 29.1. The SMILES string of the molecule is CN1Cc2cccc(-c3ccc(NC(=O)c4cc(C(F)(F)F)nn4-c4ccc5ccnc(N)c5c4)cc3)c2S1(O)O. The first-order valence-electron chi connectivity index (χ1n) is 12.3. The molecule has 1 aliphatic rings. The fourth-order valence-electron chi connectivity index (χ4n) is 4.86. The number of carbonyl (C=O) groups excluding carboxylic acids is 1. The summed E-state index contributed by atoms with van der Waals surface area (Å²) in [6, 6.07) is 19.1. The molecule has 0 radical (unpaired) electrons. The van der Waals surface area contributed by atoms with Gasteiger partial charge in [-0.05, 0) is 46.8 Å². The average molecular weight is 581 g/mol. The Hall–Kier alpha value is -4.43. The summed E-state index contributed by atoms with van der Waals surface area (Å²) in [5, 5.41) is 7.54. The van der Waals surface area contributed by atoms with Crippen molar-refractivity contribution in [1.82, 2.24) is 19.1 Å². The molecule has 2 aromatic heterocycles. The number of nitrogens with two attached hydrogens (primary N) is 1.